The van der Waals surface area contributed by atoms with Crippen molar-refractivity contribution in [3.63, 3.8) is 0 Å². The van der Waals surface area contributed by atoms with Crippen LogP contribution in [0.25, 0.3) is 10.8 Å². The van der Waals surface area contributed by atoms with E-state index in [0.29, 0.717) is 0 Å². The lowest BCUT2D eigenvalue weighted by molar-refractivity contribution is -0.777. The van der Waals surface area contributed by atoms with Gasteiger partial charge in [-0.25, -0.2) is 26.3 Å². The molecule has 0 heterocycles. The minimum Gasteiger partial charge on any atom is -0.691 e. The second-order valence-electron chi connectivity index (χ2n) is 3.76. The number of fused-ring (bicyclic) bond motifs is 1. The van der Waals surface area contributed by atoms with Crippen LogP contribution in [0.2, 0.25) is 0 Å². The quantitative estimate of drug-likeness (QED) is 0.261. The maximum Gasteiger partial charge on any atom is 0.178 e. The van der Waals surface area contributed by atoms with Crippen LogP contribution in [-0.4, -0.2) is 7.11 Å². The zero-order valence-electron chi connectivity index (χ0n) is 10.7. The Balaban J connectivity index is 2.92. The lowest BCUT2D eigenvalue weighted by Crippen LogP contribution is -2.06. The molecule has 0 aliphatic rings. The highest BCUT2D eigenvalue weighted by atomic mass is 32.2. The summed E-state index contributed by atoms with van der Waals surface area (Å²) in [4.78, 5) is -2.47. The Hall–Kier alpha value is -1.18. The summed E-state index contributed by atoms with van der Waals surface area (Å²) < 4.78 is 91.6. The van der Waals surface area contributed by atoms with Gasteiger partial charge in [0.25, 0.3) is 0 Å². The summed E-state index contributed by atoms with van der Waals surface area (Å²) in [7, 11) is 0.989. The van der Waals surface area contributed by atoms with Crippen LogP contribution in [-0.2, 0) is 13.6 Å². The van der Waals surface area contributed by atoms with Gasteiger partial charge in [-0.1, -0.05) is 0 Å². The molecule has 0 aliphatic carbocycles. The molecular formula is C11H3F6O4S2-. The van der Waals surface area contributed by atoms with Gasteiger partial charge in [0.15, 0.2) is 34.9 Å². The molecule has 0 atom stereocenters. The molecule has 126 valence electrons. The van der Waals surface area contributed by atoms with E-state index in [1.54, 1.807) is 0 Å². The monoisotopic (exact) mass is 377 g/mol. The van der Waals surface area contributed by atoms with E-state index in [9.17, 15) is 31.6 Å². The maximum absolute atomic E-state index is 14.1. The van der Waals surface area contributed by atoms with Gasteiger partial charge in [0.05, 0.1) is 29.9 Å². The van der Waals surface area contributed by atoms with E-state index < -0.39 is 67.5 Å². The minimum atomic E-state index is -2.01. The van der Waals surface area contributed by atoms with Crippen LogP contribution in [0.15, 0.2) is 9.79 Å². The third kappa shape index (κ3) is 2.97. The van der Waals surface area contributed by atoms with E-state index in [4.69, 9.17) is 0 Å². The van der Waals surface area contributed by atoms with Gasteiger partial charge < -0.3 is 9.44 Å². The Morgan fingerprint density at radius 2 is 1.13 bits per heavy atom. The Kier molecular flexibility index (Phi) is 5.65. The molecule has 2 rings (SSSR count). The molecule has 0 N–H and O–H groups in total. The van der Waals surface area contributed by atoms with Gasteiger partial charge in [0.1, 0.15) is 9.79 Å². The highest BCUT2D eigenvalue weighted by molar-refractivity contribution is 7.94. The number of rotatable bonds is 5. The van der Waals surface area contributed by atoms with Gasteiger partial charge in [-0.2, -0.15) is 4.33 Å². The second-order valence-corrected chi connectivity index (χ2v) is 5.38. The molecule has 0 radical (unpaired) electrons. The van der Waals surface area contributed by atoms with Crippen molar-refractivity contribution in [1.82, 2.24) is 0 Å². The first kappa shape index (κ1) is 18.2. The van der Waals surface area contributed by atoms with Crippen LogP contribution < -0.4 is 5.26 Å². The smallest absolute Gasteiger partial charge is 0.178 e. The molecule has 23 heavy (non-hydrogen) atoms. The van der Waals surface area contributed by atoms with E-state index in [1.807, 2.05) is 0 Å². The molecule has 0 amide bonds. The van der Waals surface area contributed by atoms with Crippen LogP contribution in [0.5, 0.6) is 0 Å². The van der Waals surface area contributed by atoms with E-state index in [-0.39, 0.29) is 12.0 Å². The number of hydrogen-bond donors (Lipinski definition) is 0. The van der Waals surface area contributed by atoms with Gasteiger partial charge in [-0.3, -0.25) is 5.04 Å². The average Bonchev–Trinajstić information content (AvgIpc) is 2.52. The third-order valence-electron chi connectivity index (χ3n) is 2.62. The van der Waals surface area contributed by atoms with Crippen molar-refractivity contribution in [2.45, 2.75) is 9.79 Å². The maximum atomic E-state index is 14.1. The summed E-state index contributed by atoms with van der Waals surface area (Å²) >= 11 is -0.425. The van der Waals surface area contributed by atoms with Crippen molar-refractivity contribution < 1.29 is 45.2 Å². The first-order valence-electron chi connectivity index (χ1n) is 5.37. The van der Waals surface area contributed by atoms with Crippen LogP contribution in [0.4, 0.5) is 26.3 Å². The molecule has 0 aliphatic heterocycles. The number of halogens is 6. The summed E-state index contributed by atoms with van der Waals surface area (Å²) in [5, 5.41) is 9.56. The van der Waals surface area contributed by atoms with Crippen LogP contribution in [0.3, 0.4) is 0 Å². The van der Waals surface area contributed by atoms with Crippen molar-refractivity contribution in [3.8, 4) is 0 Å². The second kappa shape index (κ2) is 7.15. The van der Waals surface area contributed by atoms with Gasteiger partial charge in [-0.15, -0.1) is 0 Å². The van der Waals surface area contributed by atoms with E-state index >= 15 is 0 Å². The number of hydrogen-bond acceptors (Lipinski definition) is 6. The minimum absolute atomic E-state index is 0.00324. The molecule has 0 fully saturated rings. The third-order valence-corrected chi connectivity index (χ3v) is 3.96. The molecule has 12 heteroatoms. The van der Waals surface area contributed by atoms with Crippen molar-refractivity contribution in [2.75, 3.05) is 7.11 Å². The summed E-state index contributed by atoms with van der Waals surface area (Å²) in [6.45, 7) is 0. The number of benzene rings is 2. The largest absolute Gasteiger partial charge is 0.691 e. The molecule has 2 aromatic rings. The SMILES string of the molecule is COSc1c(F)c(F)c2c(F)c(SOO[O-])c(F)c(F)c2c1F. The molecular weight excluding hydrogens is 374 g/mol. The predicted molar refractivity (Wildman–Crippen MR) is 64.6 cm³/mol. The van der Waals surface area contributed by atoms with Crippen molar-refractivity contribution in [3.05, 3.63) is 34.9 Å². The van der Waals surface area contributed by atoms with E-state index in [0.717, 1.165) is 7.11 Å². The fourth-order valence-corrected chi connectivity index (χ4v) is 2.69. The van der Waals surface area contributed by atoms with E-state index in [1.165, 1.54) is 0 Å². The first-order chi connectivity index (χ1) is 10.9. The van der Waals surface area contributed by atoms with Crippen LogP contribution in [0.1, 0.15) is 0 Å². The standard InChI is InChI=1S/C11H4F6O4S2/c1-19-22-10-6(14)2-3(4(12)8(10)16)7(15)11(23-21-20-18)9(17)5(2)13/h18H,1H3/p-1. The summed E-state index contributed by atoms with van der Waals surface area (Å²) in [5.74, 6) is -11.4. The molecule has 4 nitrogen and oxygen atoms in total. The van der Waals surface area contributed by atoms with Crippen molar-refractivity contribution in [1.29, 1.82) is 0 Å². The van der Waals surface area contributed by atoms with Gasteiger partial charge in [0, 0.05) is 12.0 Å². The Morgan fingerprint density at radius 3 is 1.52 bits per heavy atom. The molecule has 0 bridgehead atoms. The fraction of sp³-hybridized carbons (Fsp3) is 0.0909. The predicted octanol–water partition coefficient (Wildman–Crippen LogP) is 3.56. The highest BCUT2D eigenvalue weighted by Gasteiger charge is 2.31. The normalized spacial score (nSPS) is 11.5. The molecule has 0 saturated heterocycles. The van der Waals surface area contributed by atoms with Crippen LogP contribution >= 0.6 is 24.1 Å². The summed E-state index contributed by atoms with van der Waals surface area (Å²) in [5.41, 5.74) is 0. The Morgan fingerprint density at radius 1 is 0.696 bits per heavy atom. The van der Waals surface area contributed by atoms with Gasteiger partial charge >= 0.3 is 0 Å². The Bertz CT molecular complexity index is 773. The molecule has 2 aromatic carbocycles. The lowest BCUT2D eigenvalue weighted by atomic mass is 10.1. The highest BCUT2D eigenvalue weighted by Crippen LogP contribution is 2.40. The van der Waals surface area contributed by atoms with Crippen molar-refractivity contribution >= 4 is 34.9 Å². The lowest BCUT2D eigenvalue weighted by Gasteiger charge is -2.13. The van der Waals surface area contributed by atoms with Crippen LogP contribution in [0, 0.1) is 34.9 Å². The van der Waals surface area contributed by atoms with E-state index in [2.05, 4.69) is 13.6 Å². The zero-order valence-corrected chi connectivity index (χ0v) is 12.4. The first-order valence-corrected chi connectivity index (χ1v) is 6.85. The Labute approximate surface area is 132 Å². The van der Waals surface area contributed by atoms with Crippen molar-refractivity contribution in [2.24, 2.45) is 0 Å². The molecule has 0 aromatic heterocycles. The average molecular weight is 377 g/mol. The molecule has 0 spiro atoms. The van der Waals surface area contributed by atoms with Gasteiger partial charge in [-0.05, 0) is 0 Å². The topological polar surface area (TPSA) is 50.8 Å². The zero-order chi connectivity index (χ0) is 17.3. The molecule has 0 unspecified atom stereocenters. The molecule has 0 saturated carbocycles. The summed E-state index contributed by atoms with van der Waals surface area (Å²) in [6, 6.07) is 0. The fourth-order valence-electron chi connectivity index (χ4n) is 1.75. The summed E-state index contributed by atoms with van der Waals surface area (Å²) in [6.07, 6.45) is 0. The van der Waals surface area contributed by atoms with Gasteiger partial charge in [0.2, 0.25) is 0 Å².